The van der Waals surface area contributed by atoms with E-state index in [0.29, 0.717) is 0 Å². The van der Waals surface area contributed by atoms with Gasteiger partial charge in [0.25, 0.3) is 5.91 Å². The minimum Gasteiger partial charge on any atom is -0.505 e. The van der Waals surface area contributed by atoms with E-state index in [2.05, 4.69) is 5.32 Å². The molecule has 0 fully saturated rings. The predicted octanol–water partition coefficient (Wildman–Crippen LogP) is 5.49. The number of amides is 1. The maximum absolute atomic E-state index is 13.1. The molecular weight excluding hydrogens is 520 g/mol. The number of halogens is 5. The Kier molecular flexibility index (Phi) is 9.09. The smallest absolute Gasteiger partial charge is 0.422 e. The van der Waals surface area contributed by atoms with Gasteiger partial charge in [-0.1, -0.05) is 44.0 Å². The molecule has 2 aromatic carbocycles. The van der Waals surface area contributed by atoms with Gasteiger partial charge in [0.1, 0.15) is 5.75 Å². The van der Waals surface area contributed by atoms with Gasteiger partial charge in [0.05, 0.1) is 20.6 Å². The number of ether oxygens (including phenoxy) is 1. The van der Waals surface area contributed by atoms with Crippen LogP contribution in [0.5, 0.6) is 11.5 Å². The number of carbonyl (C=O) groups is 1. The topological polar surface area (TPSA) is 95.9 Å². The Morgan fingerprint density at radius 3 is 2.12 bits per heavy atom. The Hall–Kier alpha value is -2.21. The summed E-state index contributed by atoms with van der Waals surface area (Å²) in [5.41, 5.74) is -0.251. The zero-order chi connectivity index (χ0) is 25.8. The first kappa shape index (κ1) is 28.0. The van der Waals surface area contributed by atoms with E-state index in [0.717, 1.165) is 18.2 Å². The second-order valence-electron chi connectivity index (χ2n) is 7.05. The summed E-state index contributed by atoms with van der Waals surface area (Å²) < 4.78 is 70.8. The van der Waals surface area contributed by atoms with Gasteiger partial charge >= 0.3 is 6.18 Å². The third kappa shape index (κ3) is 6.47. The summed E-state index contributed by atoms with van der Waals surface area (Å²) in [5, 5.41) is 11.6. The number of nitrogens with one attached hydrogen (secondary N) is 1. The number of sulfonamides is 1. The first-order valence-corrected chi connectivity index (χ1v) is 12.3. The van der Waals surface area contributed by atoms with E-state index in [4.69, 9.17) is 27.9 Å². The molecule has 0 saturated carbocycles. The lowest BCUT2D eigenvalue weighted by molar-refractivity contribution is -0.153. The second kappa shape index (κ2) is 11.0. The normalized spacial score (nSPS) is 12.1. The molecule has 0 aliphatic carbocycles. The molecule has 7 nitrogen and oxygen atoms in total. The van der Waals surface area contributed by atoms with E-state index in [1.807, 2.05) is 0 Å². The van der Waals surface area contributed by atoms with Crippen molar-refractivity contribution in [1.82, 2.24) is 4.31 Å². The van der Waals surface area contributed by atoms with Gasteiger partial charge in [0.2, 0.25) is 10.0 Å². The van der Waals surface area contributed by atoms with Gasteiger partial charge in [-0.3, -0.25) is 4.79 Å². The summed E-state index contributed by atoms with van der Waals surface area (Å²) in [6.45, 7) is 3.57. The number of aryl methyl sites for hydroxylation is 1. The zero-order valence-electron chi connectivity index (χ0n) is 18.5. The Morgan fingerprint density at radius 1 is 1.09 bits per heavy atom. The van der Waals surface area contributed by atoms with Crippen molar-refractivity contribution in [2.75, 3.05) is 25.0 Å². The number of nitrogens with zero attached hydrogens (tertiary/aromatic N) is 1. The van der Waals surface area contributed by atoms with Gasteiger partial charge in [0, 0.05) is 18.7 Å². The van der Waals surface area contributed by atoms with Crippen molar-refractivity contribution >= 4 is 44.8 Å². The van der Waals surface area contributed by atoms with Gasteiger partial charge in [-0.2, -0.15) is 17.5 Å². The van der Waals surface area contributed by atoms with Crippen LogP contribution in [0.15, 0.2) is 29.2 Å². The lowest BCUT2D eigenvalue weighted by Crippen LogP contribution is -2.31. The summed E-state index contributed by atoms with van der Waals surface area (Å²) in [5.74, 6) is -1.63. The predicted molar refractivity (Wildman–Crippen MR) is 124 cm³/mol. The highest BCUT2D eigenvalue weighted by molar-refractivity contribution is 7.89. The van der Waals surface area contributed by atoms with Crippen LogP contribution in [0.1, 0.15) is 36.7 Å². The number of phenols is 1. The van der Waals surface area contributed by atoms with Gasteiger partial charge in [-0.05, 0) is 36.2 Å². The van der Waals surface area contributed by atoms with Gasteiger partial charge in [0.15, 0.2) is 12.4 Å². The number of benzene rings is 2. The molecule has 2 N–H and O–H groups in total. The van der Waals surface area contributed by atoms with E-state index in [1.54, 1.807) is 20.8 Å². The number of carbonyl (C=O) groups excluding carboxylic acids is 1. The van der Waals surface area contributed by atoms with Crippen molar-refractivity contribution in [3.63, 3.8) is 0 Å². The summed E-state index contributed by atoms with van der Waals surface area (Å²) in [7, 11) is -4.01. The molecule has 0 bridgehead atoms. The SMILES string of the molecule is CCc1cc(S(=O)(=O)N(CC)CC)cc(NC(=O)c2cc(Cl)c(O)c(Cl)c2)c1OCC(F)(F)F. The molecule has 0 unspecified atom stereocenters. The van der Waals surface area contributed by atoms with E-state index in [1.165, 1.54) is 10.4 Å². The number of anilines is 1. The minimum atomic E-state index is -4.67. The van der Waals surface area contributed by atoms with E-state index in [9.17, 15) is 31.5 Å². The summed E-state index contributed by atoms with van der Waals surface area (Å²) in [4.78, 5) is 12.6. The molecule has 0 atom stereocenters. The van der Waals surface area contributed by atoms with E-state index < -0.39 is 34.5 Å². The highest BCUT2D eigenvalue weighted by Crippen LogP contribution is 2.37. The average molecular weight is 543 g/mol. The number of alkyl halides is 3. The van der Waals surface area contributed by atoms with Crippen molar-refractivity contribution in [1.29, 1.82) is 0 Å². The fourth-order valence-electron chi connectivity index (χ4n) is 3.09. The van der Waals surface area contributed by atoms with Crippen LogP contribution in [0.3, 0.4) is 0 Å². The molecule has 13 heteroatoms. The van der Waals surface area contributed by atoms with Crippen LogP contribution in [0, 0.1) is 0 Å². The molecule has 0 saturated heterocycles. The van der Waals surface area contributed by atoms with Gasteiger partial charge in [-0.25, -0.2) is 8.42 Å². The Labute approximate surface area is 205 Å². The first-order chi connectivity index (χ1) is 15.7. The van der Waals surface area contributed by atoms with Crippen molar-refractivity contribution in [3.8, 4) is 11.5 Å². The molecule has 0 aliphatic rings. The molecule has 0 aliphatic heterocycles. The first-order valence-electron chi connectivity index (χ1n) is 10.1. The Balaban J connectivity index is 2.64. The standard InChI is InChI=1S/C21H23Cl2F3N2O5S/c1-4-12-7-14(34(31,32)28(5-2)6-3)10-17(19(12)33-11-21(24,25)26)27-20(30)13-8-15(22)18(29)16(23)9-13/h7-10,29H,4-6,11H2,1-3H3,(H,27,30). The second-order valence-corrected chi connectivity index (χ2v) is 9.80. The molecule has 1 amide bonds. The van der Waals surface area contributed by atoms with Crippen molar-refractivity contribution in [2.24, 2.45) is 0 Å². The van der Waals surface area contributed by atoms with E-state index >= 15 is 0 Å². The highest BCUT2D eigenvalue weighted by Gasteiger charge is 2.31. The van der Waals surface area contributed by atoms with Gasteiger partial charge < -0.3 is 15.2 Å². The number of rotatable bonds is 9. The monoisotopic (exact) mass is 542 g/mol. The molecule has 2 aromatic rings. The van der Waals surface area contributed by atoms with Crippen LogP contribution in [-0.4, -0.2) is 49.6 Å². The van der Waals surface area contributed by atoms with Crippen molar-refractivity contribution < 1.29 is 36.2 Å². The van der Waals surface area contributed by atoms with Crippen LogP contribution >= 0.6 is 23.2 Å². The zero-order valence-corrected chi connectivity index (χ0v) is 20.8. The molecule has 0 aromatic heterocycles. The van der Waals surface area contributed by atoms with Crippen LogP contribution in [-0.2, 0) is 16.4 Å². The minimum absolute atomic E-state index is 0.120. The van der Waals surface area contributed by atoms with Crippen LogP contribution in [0.2, 0.25) is 10.0 Å². The highest BCUT2D eigenvalue weighted by atomic mass is 35.5. The molecule has 0 radical (unpaired) electrons. The third-order valence-corrected chi connectivity index (χ3v) is 7.37. The maximum atomic E-state index is 13.1. The molecule has 0 spiro atoms. The fraction of sp³-hybridized carbons (Fsp3) is 0.381. The molecule has 34 heavy (non-hydrogen) atoms. The average Bonchev–Trinajstić information content (AvgIpc) is 2.75. The number of hydrogen-bond acceptors (Lipinski definition) is 5. The van der Waals surface area contributed by atoms with Crippen LogP contribution in [0.25, 0.3) is 0 Å². The lowest BCUT2D eigenvalue weighted by Gasteiger charge is -2.22. The number of aromatic hydroxyl groups is 1. The molecule has 188 valence electrons. The van der Waals surface area contributed by atoms with Crippen LogP contribution < -0.4 is 10.1 Å². The molecular formula is C21H23Cl2F3N2O5S. The fourth-order valence-corrected chi connectivity index (χ4v) is 5.12. The molecule has 2 rings (SSSR count). The quantitative estimate of drug-likeness (QED) is 0.437. The summed E-state index contributed by atoms with van der Waals surface area (Å²) in [6.07, 6.45) is -4.55. The Bertz CT molecular complexity index is 1150. The maximum Gasteiger partial charge on any atom is 0.422 e. The van der Waals surface area contributed by atoms with Crippen molar-refractivity contribution in [2.45, 2.75) is 38.3 Å². The van der Waals surface area contributed by atoms with E-state index in [-0.39, 0.29) is 57.0 Å². The third-order valence-electron chi connectivity index (χ3n) is 4.77. The summed E-state index contributed by atoms with van der Waals surface area (Å²) in [6, 6.07) is 4.47. The van der Waals surface area contributed by atoms with Gasteiger partial charge in [-0.15, -0.1) is 0 Å². The number of phenolic OH excluding ortho intramolecular Hbond substituents is 1. The lowest BCUT2D eigenvalue weighted by atomic mass is 10.1. The summed E-state index contributed by atoms with van der Waals surface area (Å²) >= 11 is 11.7. The van der Waals surface area contributed by atoms with Crippen molar-refractivity contribution in [3.05, 3.63) is 45.4 Å². The molecule has 0 heterocycles. The van der Waals surface area contributed by atoms with Crippen LogP contribution in [0.4, 0.5) is 18.9 Å². The largest absolute Gasteiger partial charge is 0.505 e. The Morgan fingerprint density at radius 2 is 1.65 bits per heavy atom. The number of hydrogen-bond donors (Lipinski definition) is 2.